The van der Waals surface area contributed by atoms with Gasteiger partial charge in [-0.1, -0.05) is 30.3 Å². The third-order valence-electron chi connectivity index (χ3n) is 3.05. The molecule has 2 rings (SSSR count). The summed E-state index contributed by atoms with van der Waals surface area (Å²) in [6.45, 7) is 0. The summed E-state index contributed by atoms with van der Waals surface area (Å²) in [6.07, 6.45) is -0.478. The quantitative estimate of drug-likeness (QED) is 0.512. The third kappa shape index (κ3) is 3.02. The Bertz CT molecular complexity index is 691. The Morgan fingerprint density at radius 1 is 0.952 bits per heavy atom. The molecule has 5 heteroatoms. The van der Waals surface area contributed by atoms with Crippen LogP contribution in [0.5, 0.6) is 11.5 Å². The lowest BCUT2D eigenvalue weighted by Gasteiger charge is -2.11. The molecular formula is C16H14O5. The van der Waals surface area contributed by atoms with Crippen LogP contribution in [0.1, 0.15) is 16.8 Å². The van der Waals surface area contributed by atoms with Crippen molar-refractivity contribution in [3.63, 3.8) is 0 Å². The number of Topliss-reactive ketones (excluding diaryl/α,β-unsaturated/α-hetero) is 1. The summed E-state index contributed by atoms with van der Waals surface area (Å²) >= 11 is 0. The van der Waals surface area contributed by atoms with E-state index in [0.29, 0.717) is 11.1 Å². The SMILES string of the molecule is COC(=O)CC(=O)c1c(O)cccc1-c1ccccc1O. The molecule has 0 spiro atoms. The van der Waals surface area contributed by atoms with Crippen LogP contribution >= 0.6 is 0 Å². The average molecular weight is 286 g/mol. The van der Waals surface area contributed by atoms with Crippen molar-refractivity contribution < 1.29 is 24.5 Å². The molecule has 0 aliphatic heterocycles. The summed E-state index contributed by atoms with van der Waals surface area (Å²) in [6, 6.07) is 11.0. The molecule has 2 aromatic rings. The van der Waals surface area contributed by atoms with Gasteiger partial charge in [0, 0.05) is 5.56 Å². The lowest BCUT2D eigenvalue weighted by Crippen LogP contribution is -2.10. The molecule has 0 amide bonds. The lowest BCUT2D eigenvalue weighted by atomic mass is 9.94. The van der Waals surface area contributed by atoms with Crippen molar-refractivity contribution in [1.82, 2.24) is 0 Å². The Labute approximate surface area is 121 Å². The van der Waals surface area contributed by atoms with E-state index in [2.05, 4.69) is 4.74 Å². The third-order valence-corrected chi connectivity index (χ3v) is 3.05. The molecular weight excluding hydrogens is 272 g/mol. The molecule has 0 aliphatic carbocycles. The summed E-state index contributed by atoms with van der Waals surface area (Å²) in [5, 5.41) is 19.8. The Kier molecular flexibility index (Phi) is 4.23. The van der Waals surface area contributed by atoms with Crippen LogP contribution in [0.3, 0.4) is 0 Å². The van der Waals surface area contributed by atoms with Gasteiger partial charge in [-0.05, 0) is 17.7 Å². The lowest BCUT2D eigenvalue weighted by molar-refractivity contribution is -0.139. The predicted octanol–water partition coefficient (Wildman–Crippen LogP) is 2.51. The summed E-state index contributed by atoms with van der Waals surface area (Å²) in [7, 11) is 1.18. The number of phenols is 2. The second-order valence-electron chi connectivity index (χ2n) is 4.39. The first-order valence-corrected chi connectivity index (χ1v) is 6.25. The van der Waals surface area contributed by atoms with Crippen LogP contribution < -0.4 is 0 Å². The Hall–Kier alpha value is -2.82. The molecule has 2 N–H and O–H groups in total. The summed E-state index contributed by atoms with van der Waals surface area (Å²) in [5.41, 5.74) is 0.757. The number of methoxy groups -OCH3 is 1. The molecule has 0 aliphatic rings. The highest BCUT2D eigenvalue weighted by Crippen LogP contribution is 2.35. The van der Waals surface area contributed by atoms with Crippen LogP contribution in [0, 0.1) is 0 Å². The molecule has 0 unspecified atom stereocenters. The molecule has 108 valence electrons. The van der Waals surface area contributed by atoms with Crippen molar-refractivity contribution in [3.8, 4) is 22.6 Å². The van der Waals surface area contributed by atoms with Crippen LogP contribution in [0.15, 0.2) is 42.5 Å². The zero-order valence-electron chi connectivity index (χ0n) is 11.4. The molecule has 2 aromatic carbocycles. The van der Waals surface area contributed by atoms with E-state index in [4.69, 9.17) is 0 Å². The van der Waals surface area contributed by atoms with Gasteiger partial charge in [-0.2, -0.15) is 0 Å². The van der Waals surface area contributed by atoms with E-state index in [1.807, 2.05) is 0 Å². The number of ketones is 1. The zero-order chi connectivity index (χ0) is 15.4. The van der Waals surface area contributed by atoms with E-state index >= 15 is 0 Å². The van der Waals surface area contributed by atoms with Gasteiger partial charge in [-0.3, -0.25) is 9.59 Å². The molecule has 0 fully saturated rings. The number of hydrogen-bond donors (Lipinski definition) is 2. The Morgan fingerprint density at radius 3 is 2.24 bits per heavy atom. The Morgan fingerprint density at radius 2 is 1.57 bits per heavy atom. The number of carbonyl (C=O) groups is 2. The minimum absolute atomic E-state index is 0.00981. The van der Waals surface area contributed by atoms with E-state index < -0.39 is 18.2 Å². The fourth-order valence-corrected chi connectivity index (χ4v) is 2.05. The van der Waals surface area contributed by atoms with E-state index in [1.54, 1.807) is 30.3 Å². The molecule has 0 saturated carbocycles. The molecule has 0 bridgehead atoms. The van der Waals surface area contributed by atoms with Crippen LogP contribution in [0.25, 0.3) is 11.1 Å². The molecule has 0 saturated heterocycles. The van der Waals surface area contributed by atoms with Crippen molar-refractivity contribution in [2.45, 2.75) is 6.42 Å². The predicted molar refractivity (Wildman–Crippen MR) is 76.2 cm³/mol. The highest BCUT2D eigenvalue weighted by Gasteiger charge is 2.21. The van der Waals surface area contributed by atoms with Gasteiger partial charge in [0.25, 0.3) is 0 Å². The summed E-state index contributed by atoms with van der Waals surface area (Å²) in [4.78, 5) is 23.4. The number of rotatable bonds is 4. The second kappa shape index (κ2) is 6.09. The zero-order valence-corrected chi connectivity index (χ0v) is 11.4. The first kappa shape index (κ1) is 14.6. The standard InChI is InChI=1S/C16H14O5/c1-21-15(20)9-14(19)16-11(6-4-8-13(16)18)10-5-2-3-7-12(10)17/h2-8,17-18H,9H2,1H3. The Balaban J connectivity index is 2.54. The number of para-hydroxylation sites is 1. The molecule has 0 aromatic heterocycles. The molecule has 0 heterocycles. The smallest absolute Gasteiger partial charge is 0.313 e. The maximum atomic E-state index is 12.2. The first-order valence-electron chi connectivity index (χ1n) is 6.25. The van der Waals surface area contributed by atoms with Crippen molar-refractivity contribution in [2.24, 2.45) is 0 Å². The molecule has 5 nitrogen and oxygen atoms in total. The minimum atomic E-state index is -0.688. The van der Waals surface area contributed by atoms with Gasteiger partial charge in [-0.25, -0.2) is 0 Å². The second-order valence-corrected chi connectivity index (χ2v) is 4.39. The fraction of sp³-hybridized carbons (Fsp3) is 0.125. The number of hydrogen-bond acceptors (Lipinski definition) is 5. The maximum absolute atomic E-state index is 12.2. The van der Waals surface area contributed by atoms with Crippen LogP contribution in [0.4, 0.5) is 0 Å². The summed E-state index contributed by atoms with van der Waals surface area (Å²) < 4.78 is 4.46. The normalized spacial score (nSPS) is 10.1. The molecule has 0 atom stereocenters. The maximum Gasteiger partial charge on any atom is 0.313 e. The molecule has 0 radical (unpaired) electrons. The van der Waals surface area contributed by atoms with Gasteiger partial charge in [-0.15, -0.1) is 0 Å². The van der Waals surface area contributed by atoms with Crippen molar-refractivity contribution >= 4 is 11.8 Å². The van der Waals surface area contributed by atoms with Gasteiger partial charge < -0.3 is 14.9 Å². The van der Waals surface area contributed by atoms with Crippen molar-refractivity contribution in [2.75, 3.05) is 7.11 Å². The van der Waals surface area contributed by atoms with Gasteiger partial charge in [0.05, 0.1) is 12.7 Å². The van der Waals surface area contributed by atoms with Crippen LogP contribution in [0.2, 0.25) is 0 Å². The van der Waals surface area contributed by atoms with E-state index in [0.717, 1.165) is 0 Å². The number of carbonyl (C=O) groups excluding carboxylic acids is 2. The van der Waals surface area contributed by atoms with Crippen molar-refractivity contribution in [3.05, 3.63) is 48.0 Å². The summed E-state index contributed by atoms with van der Waals surface area (Å²) in [5.74, 6) is -1.52. The monoisotopic (exact) mass is 286 g/mol. The van der Waals surface area contributed by atoms with Gasteiger partial charge >= 0.3 is 5.97 Å². The number of benzene rings is 2. The van der Waals surface area contributed by atoms with Crippen LogP contribution in [-0.4, -0.2) is 29.1 Å². The van der Waals surface area contributed by atoms with Gasteiger partial charge in [0.15, 0.2) is 5.78 Å². The number of aromatic hydroxyl groups is 2. The molecule has 21 heavy (non-hydrogen) atoms. The topological polar surface area (TPSA) is 83.8 Å². The van der Waals surface area contributed by atoms with Crippen LogP contribution in [-0.2, 0) is 9.53 Å². The highest BCUT2D eigenvalue weighted by atomic mass is 16.5. The number of esters is 1. The first-order chi connectivity index (χ1) is 10.0. The van der Waals surface area contributed by atoms with Gasteiger partial charge in [0.2, 0.25) is 0 Å². The highest BCUT2D eigenvalue weighted by molar-refractivity contribution is 6.11. The average Bonchev–Trinajstić information content (AvgIpc) is 2.47. The van der Waals surface area contributed by atoms with Crippen molar-refractivity contribution in [1.29, 1.82) is 0 Å². The number of phenolic OH excluding ortho intramolecular Hbond substituents is 2. The van der Waals surface area contributed by atoms with E-state index in [9.17, 15) is 19.8 Å². The van der Waals surface area contributed by atoms with E-state index in [1.165, 1.54) is 19.2 Å². The van der Waals surface area contributed by atoms with E-state index in [-0.39, 0.29) is 17.1 Å². The largest absolute Gasteiger partial charge is 0.507 e. The minimum Gasteiger partial charge on any atom is -0.507 e. The van der Waals surface area contributed by atoms with Gasteiger partial charge in [0.1, 0.15) is 17.9 Å². The number of ether oxygens (including phenoxy) is 1. The fourth-order valence-electron chi connectivity index (χ4n) is 2.05.